The van der Waals surface area contributed by atoms with Gasteiger partial charge >= 0.3 is 0 Å². The second-order valence-corrected chi connectivity index (χ2v) is 6.23. The van der Waals surface area contributed by atoms with Gasteiger partial charge < -0.3 is 8.83 Å². The number of rotatable bonds is 8. The monoisotopic (exact) mass is 316 g/mol. The number of furan rings is 2. The topological polar surface area (TPSA) is 42.4 Å². The second-order valence-electron chi connectivity index (χ2n) is 5.29. The van der Waals surface area contributed by atoms with Crippen LogP contribution in [0.25, 0.3) is 0 Å². The summed E-state index contributed by atoms with van der Waals surface area (Å²) in [5, 5.41) is 3.37. The van der Waals surface area contributed by atoms with Crippen molar-refractivity contribution in [1.29, 1.82) is 0 Å². The van der Waals surface area contributed by atoms with Crippen molar-refractivity contribution in [3.8, 4) is 0 Å². The van der Waals surface area contributed by atoms with Gasteiger partial charge in [0.1, 0.15) is 11.5 Å². The zero-order chi connectivity index (χ0) is 15.2. The number of thiazole rings is 1. The molecular weight excluding hydrogens is 296 g/mol. The standard InChI is InChI=1S/C17H20N2O2S/c1-2-5-17-18-14(13-22-17)10-19(11-15-6-3-8-20-15)12-16-7-4-9-21-16/h3-4,6-9,13H,2,5,10-12H2,1H3. The van der Waals surface area contributed by atoms with E-state index in [2.05, 4.69) is 17.2 Å². The highest BCUT2D eigenvalue weighted by Gasteiger charge is 2.13. The largest absolute Gasteiger partial charge is 0.468 e. The summed E-state index contributed by atoms with van der Waals surface area (Å²) in [6, 6.07) is 7.84. The molecule has 3 aromatic rings. The molecule has 0 bridgehead atoms. The minimum Gasteiger partial charge on any atom is -0.468 e. The number of nitrogens with zero attached hydrogens (tertiary/aromatic N) is 2. The minimum absolute atomic E-state index is 0.744. The molecule has 0 saturated heterocycles. The molecule has 0 saturated carbocycles. The highest BCUT2D eigenvalue weighted by Crippen LogP contribution is 2.17. The molecule has 116 valence electrons. The van der Waals surface area contributed by atoms with Gasteiger partial charge in [0.05, 0.1) is 36.3 Å². The molecule has 0 N–H and O–H groups in total. The van der Waals surface area contributed by atoms with Crippen LogP contribution in [0.4, 0.5) is 0 Å². The van der Waals surface area contributed by atoms with Gasteiger partial charge in [0, 0.05) is 11.9 Å². The van der Waals surface area contributed by atoms with Gasteiger partial charge in [0.2, 0.25) is 0 Å². The molecule has 0 aliphatic rings. The molecule has 3 aromatic heterocycles. The Kier molecular flexibility index (Phi) is 5.08. The van der Waals surface area contributed by atoms with Gasteiger partial charge in [-0.1, -0.05) is 6.92 Å². The van der Waals surface area contributed by atoms with E-state index in [1.165, 1.54) is 5.01 Å². The zero-order valence-corrected chi connectivity index (χ0v) is 13.5. The first-order chi connectivity index (χ1) is 10.8. The van der Waals surface area contributed by atoms with Crippen molar-refractivity contribution in [2.75, 3.05) is 0 Å². The summed E-state index contributed by atoms with van der Waals surface area (Å²) >= 11 is 1.75. The lowest BCUT2D eigenvalue weighted by Gasteiger charge is -2.18. The van der Waals surface area contributed by atoms with Crippen molar-refractivity contribution in [1.82, 2.24) is 9.88 Å². The van der Waals surface area contributed by atoms with Gasteiger partial charge in [-0.3, -0.25) is 4.90 Å². The van der Waals surface area contributed by atoms with Crippen LogP contribution in [0.15, 0.2) is 51.0 Å². The Labute approximate surface area is 134 Å². The number of aryl methyl sites for hydroxylation is 1. The van der Waals surface area contributed by atoms with Crippen molar-refractivity contribution < 1.29 is 8.83 Å². The van der Waals surface area contributed by atoms with Gasteiger partial charge in [-0.05, 0) is 37.1 Å². The number of hydrogen-bond acceptors (Lipinski definition) is 5. The third-order valence-corrected chi connectivity index (χ3v) is 4.33. The van der Waals surface area contributed by atoms with E-state index in [0.717, 1.165) is 49.7 Å². The lowest BCUT2D eigenvalue weighted by atomic mass is 10.3. The molecule has 0 aliphatic heterocycles. The lowest BCUT2D eigenvalue weighted by molar-refractivity contribution is 0.207. The van der Waals surface area contributed by atoms with Crippen LogP contribution < -0.4 is 0 Å². The molecule has 3 rings (SSSR count). The van der Waals surface area contributed by atoms with E-state index in [0.29, 0.717) is 0 Å². The van der Waals surface area contributed by atoms with Gasteiger partial charge in [0.15, 0.2) is 0 Å². The van der Waals surface area contributed by atoms with Crippen molar-refractivity contribution in [2.24, 2.45) is 0 Å². The molecule has 0 spiro atoms. The van der Waals surface area contributed by atoms with Gasteiger partial charge in [-0.15, -0.1) is 11.3 Å². The first kappa shape index (κ1) is 15.1. The molecule has 0 aliphatic carbocycles. The zero-order valence-electron chi connectivity index (χ0n) is 12.7. The maximum absolute atomic E-state index is 5.47. The molecule has 4 nitrogen and oxygen atoms in total. The Hall–Kier alpha value is -1.85. The summed E-state index contributed by atoms with van der Waals surface area (Å²) in [6.07, 6.45) is 5.61. The van der Waals surface area contributed by atoms with Crippen LogP contribution in [-0.2, 0) is 26.1 Å². The molecule has 0 radical (unpaired) electrons. The first-order valence-corrected chi connectivity index (χ1v) is 8.42. The van der Waals surface area contributed by atoms with Crippen LogP contribution in [-0.4, -0.2) is 9.88 Å². The Bertz CT molecular complexity index is 622. The Morgan fingerprint density at radius 1 is 1.05 bits per heavy atom. The van der Waals surface area contributed by atoms with Gasteiger partial charge in [-0.25, -0.2) is 4.98 Å². The fourth-order valence-corrected chi connectivity index (χ4v) is 3.28. The molecule has 0 atom stereocenters. The van der Waals surface area contributed by atoms with Crippen LogP contribution in [0.2, 0.25) is 0 Å². The fraction of sp³-hybridized carbons (Fsp3) is 0.353. The molecule has 3 heterocycles. The van der Waals surface area contributed by atoms with Crippen LogP contribution in [0.3, 0.4) is 0 Å². The number of aromatic nitrogens is 1. The van der Waals surface area contributed by atoms with E-state index < -0.39 is 0 Å². The first-order valence-electron chi connectivity index (χ1n) is 7.54. The Morgan fingerprint density at radius 2 is 1.73 bits per heavy atom. The van der Waals surface area contributed by atoms with E-state index in [1.807, 2.05) is 24.3 Å². The molecule has 0 fully saturated rings. The van der Waals surface area contributed by atoms with Crippen molar-refractivity contribution >= 4 is 11.3 Å². The summed E-state index contributed by atoms with van der Waals surface area (Å²) in [5.74, 6) is 1.91. The SMILES string of the molecule is CCCc1nc(CN(Cc2ccco2)Cc2ccco2)cs1. The third-order valence-electron chi connectivity index (χ3n) is 3.37. The lowest BCUT2D eigenvalue weighted by Crippen LogP contribution is -2.22. The average molecular weight is 316 g/mol. The maximum atomic E-state index is 5.47. The molecule has 22 heavy (non-hydrogen) atoms. The van der Waals surface area contributed by atoms with Crippen LogP contribution >= 0.6 is 11.3 Å². The summed E-state index contributed by atoms with van der Waals surface area (Å²) < 4.78 is 10.9. The minimum atomic E-state index is 0.744. The number of hydrogen-bond donors (Lipinski definition) is 0. The molecule has 0 unspecified atom stereocenters. The summed E-state index contributed by atoms with van der Waals surface area (Å²) in [5.41, 5.74) is 1.12. The highest BCUT2D eigenvalue weighted by atomic mass is 32.1. The van der Waals surface area contributed by atoms with E-state index in [-0.39, 0.29) is 0 Å². The Morgan fingerprint density at radius 3 is 2.27 bits per heavy atom. The van der Waals surface area contributed by atoms with Gasteiger partial charge in [0.25, 0.3) is 0 Å². The third kappa shape index (κ3) is 4.08. The predicted molar refractivity (Wildman–Crippen MR) is 86.5 cm³/mol. The van der Waals surface area contributed by atoms with Crippen LogP contribution in [0.1, 0.15) is 35.6 Å². The highest BCUT2D eigenvalue weighted by molar-refractivity contribution is 7.09. The molecule has 5 heteroatoms. The second kappa shape index (κ2) is 7.42. The van der Waals surface area contributed by atoms with Crippen molar-refractivity contribution in [2.45, 2.75) is 39.4 Å². The van der Waals surface area contributed by atoms with Gasteiger partial charge in [-0.2, -0.15) is 0 Å². The normalized spacial score (nSPS) is 11.4. The molecule has 0 aromatic carbocycles. The van der Waals surface area contributed by atoms with E-state index in [9.17, 15) is 0 Å². The van der Waals surface area contributed by atoms with Crippen LogP contribution in [0, 0.1) is 0 Å². The van der Waals surface area contributed by atoms with Crippen LogP contribution in [0.5, 0.6) is 0 Å². The van der Waals surface area contributed by atoms with Crippen molar-refractivity contribution in [3.63, 3.8) is 0 Å². The van der Waals surface area contributed by atoms with E-state index >= 15 is 0 Å². The average Bonchev–Trinajstić information content (AvgIpc) is 3.22. The molecular formula is C17H20N2O2S. The van der Waals surface area contributed by atoms with E-state index in [4.69, 9.17) is 13.8 Å². The molecule has 0 amide bonds. The summed E-state index contributed by atoms with van der Waals surface area (Å²) in [6.45, 7) is 4.46. The smallest absolute Gasteiger partial charge is 0.117 e. The fourth-order valence-electron chi connectivity index (χ4n) is 2.39. The summed E-state index contributed by atoms with van der Waals surface area (Å²) in [4.78, 5) is 6.99. The van der Waals surface area contributed by atoms with Crippen molar-refractivity contribution in [3.05, 3.63) is 64.4 Å². The van der Waals surface area contributed by atoms with E-state index in [1.54, 1.807) is 23.9 Å². The predicted octanol–water partition coefficient (Wildman–Crippen LogP) is 4.48. The maximum Gasteiger partial charge on any atom is 0.117 e. The quantitative estimate of drug-likeness (QED) is 0.614. The summed E-state index contributed by atoms with van der Waals surface area (Å²) in [7, 11) is 0. The Balaban J connectivity index is 1.69.